The second-order valence-electron chi connectivity index (χ2n) is 13.1. The summed E-state index contributed by atoms with van der Waals surface area (Å²) in [6, 6.07) is 0. The average molecular weight is 506 g/mol. The second kappa shape index (κ2) is 9.71. The first kappa shape index (κ1) is 26.5. The molecule has 2 N–H and O–H groups in total. The molecule has 0 unspecified atom stereocenters. The van der Waals surface area contributed by atoms with E-state index in [0.717, 1.165) is 25.7 Å². The zero-order chi connectivity index (χ0) is 24.1. The third-order valence-corrected chi connectivity index (χ3v) is 10.8. The van der Waals surface area contributed by atoms with Crippen molar-refractivity contribution >= 4 is 23.2 Å². The van der Waals surface area contributed by atoms with Crippen molar-refractivity contribution < 1.29 is 19.7 Å². The topological polar surface area (TPSA) is 58.9 Å². The van der Waals surface area contributed by atoms with Gasteiger partial charge in [0, 0.05) is 10.8 Å². The Morgan fingerprint density at radius 1 is 0.758 bits per heavy atom. The summed E-state index contributed by atoms with van der Waals surface area (Å²) in [7, 11) is 0. The molecule has 33 heavy (non-hydrogen) atoms. The normalized spacial score (nSPS) is 54.2. The number of halogens is 2. The Morgan fingerprint density at radius 3 is 1.85 bits per heavy atom. The van der Waals surface area contributed by atoms with E-state index in [2.05, 4.69) is 27.7 Å². The number of aliphatic hydroxyl groups excluding tert-OH is 2. The number of hydrogen-bond acceptors (Lipinski definition) is 4. The highest BCUT2D eigenvalue weighted by Crippen LogP contribution is 2.62. The molecule has 5 rings (SSSR count). The standard InChI is InChI=1S/C26H44O4.CH2Cl2/c1-23-11-7-5-9-17(23)13-19(27)25(3,15-23)22-29-20-14-18-10-6-8-12-24(18,2)16-26(20,4)21(28)30-22;2-1-3/h17-22,27-28H,5-16H2,1-4H3;1H2/t17-,18+,19+,20-,21-,22-,23-,24+,25+,26-;/m0./s1. The predicted molar refractivity (Wildman–Crippen MR) is 133 cm³/mol. The highest BCUT2D eigenvalue weighted by molar-refractivity contribution is 6.40. The predicted octanol–water partition coefficient (Wildman–Crippen LogP) is 6.82. The van der Waals surface area contributed by atoms with Crippen LogP contribution in [0.2, 0.25) is 0 Å². The van der Waals surface area contributed by atoms with Gasteiger partial charge in [0.1, 0.15) is 0 Å². The van der Waals surface area contributed by atoms with Crippen LogP contribution >= 0.6 is 23.2 Å². The summed E-state index contributed by atoms with van der Waals surface area (Å²) in [4.78, 5) is 0. The molecule has 6 heteroatoms. The first-order valence-corrected chi connectivity index (χ1v) is 14.4. The molecule has 1 saturated heterocycles. The lowest BCUT2D eigenvalue weighted by atomic mass is 9.51. The van der Waals surface area contributed by atoms with Crippen molar-refractivity contribution in [1.29, 1.82) is 0 Å². The lowest BCUT2D eigenvalue weighted by Gasteiger charge is -2.62. The number of alkyl halides is 2. The van der Waals surface area contributed by atoms with Crippen molar-refractivity contribution in [2.45, 2.75) is 130 Å². The molecule has 4 aliphatic carbocycles. The van der Waals surface area contributed by atoms with Crippen LogP contribution in [0.1, 0.15) is 105 Å². The van der Waals surface area contributed by atoms with Crippen LogP contribution in [0.25, 0.3) is 0 Å². The molecule has 4 nitrogen and oxygen atoms in total. The summed E-state index contributed by atoms with van der Waals surface area (Å²) in [6.45, 7) is 9.17. The number of ether oxygens (including phenoxy) is 2. The van der Waals surface area contributed by atoms with Crippen LogP contribution in [0.4, 0.5) is 0 Å². The maximum atomic E-state index is 11.3. The van der Waals surface area contributed by atoms with Crippen molar-refractivity contribution in [2.24, 2.45) is 33.5 Å². The van der Waals surface area contributed by atoms with Gasteiger partial charge in [-0.05, 0) is 74.0 Å². The van der Waals surface area contributed by atoms with Crippen LogP contribution in [-0.2, 0) is 9.47 Å². The summed E-state index contributed by atoms with van der Waals surface area (Å²) in [6.07, 6.45) is 12.2. The average Bonchev–Trinajstić information content (AvgIpc) is 2.74. The van der Waals surface area contributed by atoms with Gasteiger partial charge in [-0.1, -0.05) is 53.4 Å². The summed E-state index contributed by atoms with van der Waals surface area (Å²) in [5.74, 6) is 1.28. The molecule has 1 aliphatic heterocycles. The van der Waals surface area contributed by atoms with Crippen LogP contribution in [0.15, 0.2) is 0 Å². The van der Waals surface area contributed by atoms with E-state index in [1.165, 1.54) is 51.4 Å². The van der Waals surface area contributed by atoms with Crippen molar-refractivity contribution in [2.75, 3.05) is 5.34 Å². The third kappa shape index (κ3) is 4.64. The van der Waals surface area contributed by atoms with E-state index in [1.54, 1.807) is 0 Å². The van der Waals surface area contributed by atoms with Gasteiger partial charge in [0.2, 0.25) is 0 Å². The maximum Gasteiger partial charge on any atom is 0.168 e. The minimum atomic E-state index is -0.818. The number of fused-ring (bicyclic) bond motifs is 3. The van der Waals surface area contributed by atoms with Crippen LogP contribution in [0.5, 0.6) is 0 Å². The molecule has 0 spiro atoms. The molecule has 0 amide bonds. The summed E-state index contributed by atoms with van der Waals surface area (Å²) in [5.41, 5.74) is -0.273. The van der Waals surface area contributed by atoms with Gasteiger partial charge in [-0.2, -0.15) is 0 Å². The molecule has 192 valence electrons. The zero-order valence-electron chi connectivity index (χ0n) is 21.1. The largest absolute Gasteiger partial charge is 0.392 e. The van der Waals surface area contributed by atoms with Crippen LogP contribution < -0.4 is 0 Å². The maximum absolute atomic E-state index is 11.3. The molecule has 5 fully saturated rings. The van der Waals surface area contributed by atoms with Crippen LogP contribution in [0, 0.1) is 33.5 Å². The van der Waals surface area contributed by atoms with E-state index < -0.39 is 24.1 Å². The Labute approximate surface area is 211 Å². The summed E-state index contributed by atoms with van der Waals surface area (Å²) in [5, 5.41) is 22.7. The van der Waals surface area contributed by atoms with E-state index in [-0.39, 0.29) is 22.3 Å². The van der Waals surface area contributed by atoms with E-state index in [4.69, 9.17) is 32.7 Å². The SMILES string of the molecule is C[C@@]12CCCC[C@H]1C[C@@H](O)[C@](C)([C@H]1O[C@H]3C[C@H]4CCCC[C@]4(C)C[C@]3(C)[C@@H](O)O1)C2.ClCCl. The monoisotopic (exact) mass is 504 g/mol. The minimum absolute atomic E-state index is 0.0170. The quantitative estimate of drug-likeness (QED) is 0.384. The Balaban J connectivity index is 0.000000821. The highest BCUT2D eigenvalue weighted by Gasteiger charge is 2.62. The minimum Gasteiger partial charge on any atom is -0.392 e. The van der Waals surface area contributed by atoms with Gasteiger partial charge in [-0.25, -0.2) is 0 Å². The Bertz CT molecular complexity index is 693. The molecule has 0 radical (unpaired) electrons. The molecule has 0 aromatic carbocycles. The van der Waals surface area contributed by atoms with Gasteiger partial charge < -0.3 is 19.7 Å². The lowest BCUT2D eigenvalue weighted by molar-refractivity contribution is -0.402. The Kier molecular flexibility index (Phi) is 7.79. The fourth-order valence-corrected chi connectivity index (χ4v) is 8.72. The number of hydrogen-bond donors (Lipinski definition) is 2. The van der Waals surface area contributed by atoms with Gasteiger partial charge in [-0.15, -0.1) is 23.2 Å². The fourth-order valence-electron chi connectivity index (χ4n) is 8.72. The van der Waals surface area contributed by atoms with Crippen molar-refractivity contribution in [3.63, 3.8) is 0 Å². The number of aliphatic hydroxyl groups is 2. The third-order valence-electron chi connectivity index (χ3n) is 10.8. The van der Waals surface area contributed by atoms with Crippen LogP contribution in [0.3, 0.4) is 0 Å². The van der Waals surface area contributed by atoms with E-state index in [0.29, 0.717) is 17.3 Å². The first-order valence-electron chi connectivity index (χ1n) is 13.3. The molecule has 1 heterocycles. The molecule has 10 atom stereocenters. The van der Waals surface area contributed by atoms with Crippen molar-refractivity contribution in [3.05, 3.63) is 0 Å². The van der Waals surface area contributed by atoms with E-state index in [9.17, 15) is 10.2 Å². The van der Waals surface area contributed by atoms with Gasteiger partial charge in [-0.3, -0.25) is 0 Å². The van der Waals surface area contributed by atoms with E-state index in [1.807, 2.05) is 0 Å². The smallest absolute Gasteiger partial charge is 0.168 e. The van der Waals surface area contributed by atoms with Gasteiger partial charge in [0.25, 0.3) is 0 Å². The summed E-state index contributed by atoms with van der Waals surface area (Å²) < 4.78 is 13.0. The second-order valence-corrected chi connectivity index (χ2v) is 13.9. The molecular weight excluding hydrogens is 459 g/mol. The highest BCUT2D eigenvalue weighted by atomic mass is 35.5. The van der Waals surface area contributed by atoms with Gasteiger partial charge >= 0.3 is 0 Å². The Hall–Kier alpha value is 0.420. The number of rotatable bonds is 1. The van der Waals surface area contributed by atoms with E-state index >= 15 is 0 Å². The molecular formula is C27H46Cl2O4. The Morgan fingerprint density at radius 2 is 1.27 bits per heavy atom. The van der Waals surface area contributed by atoms with Gasteiger partial charge in [0.05, 0.1) is 17.5 Å². The van der Waals surface area contributed by atoms with Crippen molar-refractivity contribution in [3.8, 4) is 0 Å². The first-order chi connectivity index (χ1) is 15.5. The van der Waals surface area contributed by atoms with Gasteiger partial charge in [0.15, 0.2) is 12.6 Å². The fraction of sp³-hybridized carbons (Fsp3) is 1.00. The molecule has 5 aliphatic rings. The van der Waals surface area contributed by atoms with Crippen LogP contribution in [-0.4, -0.2) is 40.3 Å². The zero-order valence-corrected chi connectivity index (χ0v) is 22.6. The molecule has 0 bridgehead atoms. The molecule has 0 aromatic rings. The summed E-state index contributed by atoms with van der Waals surface area (Å²) >= 11 is 9.53. The lowest BCUT2D eigenvalue weighted by Crippen LogP contribution is -2.65. The molecule has 4 saturated carbocycles. The van der Waals surface area contributed by atoms with Crippen molar-refractivity contribution in [1.82, 2.24) is 0 Å². The molecule has 0 aromatic heterocycles.